The summed E-state index contributed by atoms with van der Waals surface area (Å²) in [5.74, 6) is 3.20. The molecule has 2 heterocycles. The van der Waals surface area contributed by atoms with Crippen molar-refractivity contribution >= 4 is 5.82 Å². The molecule has 0 bridgehead atoms. The van der Waals surface area contributed by atoms with Crippen molar-refractivity contribution in [3.63, 3.8) is 0 Å². The third kappa shape index (κ3) is 3.06. The van der Waals surface area contributed by atoms with Crippen molar-refractivity contribution in [3.05, 3.63) is 24.2 Å². The van der Waals surface area contributed by atoms with Crippen molar-refractivity contribution in [2.75, 3.05) is 5.32 Å². The number of nitrogens with one attached hydrogen (secondary N) is 1. The van der Waals surface area contributed by atoms with Gasteiger partial charge in [-0.3, -0.25) is 0 Å². The number of rotatable bonds is 5. The molecule has 0 saturated heterocycles. The minimum atomic E-state index is 0.264. The van der Waals surface area contributed by atoms with Crippen LogP contribution >= 0.6 is 0 Å². The normalized spacial score (nSPS) is 16.8. The van der Waals surface area contributed by atoms with Crippen LogP contribution in [0.2, 0.25) is 0 Å². The zero-order chi connectivity index (χ0) is 14.8. The fourth-order valence-corrected chi connectivity index (χ4v) is 2.52. The number of pyridine rings is 1. The second-order valence-electron chi connectivity index (χ2n) is 6.17. The third-order valence-corrected chi connectivity index (χ3v) is 4.20. The quantitative estimate of drug-likeness (QED) is 0.904. The van der Waals surface area contributed by atoms with Crippen LogP contribution in [0.3, 0.4) is 0 Å². The highest BCUT2D eigenvalue weighted by atomic mass is 16.5. The minimum absolute atomic E-state index is 0.264. The van der Waals surface area contributed by atoms with Crippen LogP contribution in [0.4, 0.5) is 5.82 Å². The van der Waals surface area contributed by atoms with Gasteiger partial charge in [0.05, 0.1) is 0 Å². The smallest absolute Gasteiger partial charge is 0.258 e. The van der Waals surface area contributed by atoms with Crippen LogP contribution in [0, 0.1) is 5.92 Å². The third-order valence-electron chi connectivity index (χ3n) is 4.20. The highest BCUT2D eigenvalue weighted by Gasteiger charge is 2.24. The van der Waals surface area contributed by atoms with Crippen LogP contribution in [0.15, 0.2) is 22.9 Å². The summed E-state index contributed by atoms with van der Waals surface area (Å²) < 4.78 is 5.34. The van der Waals surface area contributed by atoms with Gasteiger partial charge in [0.25, 0.3) is 5.89 Å². The van der Waals surface area contributed by atoms with Gasteiger partial charge in [-0.15, -0.1) is 0 Å². The summed E-state index contributed by atoms with van der Waals surface area (Å²) in [4.78, 5) is 8.82. The van der Waals surface area contributed by atoms with Gasteiger partial charge < -0.3 is 9.84 Å². The lowest BCUT2D eigenvalue weighted by molar-refractivity contribution is 0.285. The van der Waals surface area contributed by atoms with Gasteiger partial charge in [-0.05, 0) is 37.8 Å². The molecule has 1 aliphatic carbocycles. The molecule has 0 aliphatic heterocycles. The highest BCUT2D eigenvalue weighted by molar-refractivity contribution is 5.58. The van der Waals surface area contributed by atoms with E-state index >= 15 is 0 Å². The number of hydrogen-bond donors (Lipinski definition) is 1. The molecule has 1 atom stereocenters. The summed E-state index contributed by atoms with van der Waals surface area (Å²) in [6.07, 6.45) is 5.76. The van der Waals surface area contributed by atoms with E-state index in [1.54, 1.807) is 6.20 Å². The molecule has 5 nitrogen and oxygen atoms in total. The fraction of sp³-hybridized carbons (Fsp3) is 0.562. The predicted molar refractivity (Wildman–Crippen MR) is 82.0 cm³/mol. The molecule has 0 aromatic carbocycles. The highest BCUT2D eigenvalue weighted by Crippen LogP contribution is 2.31. The molecule has 21 heavy (non-hydrogen) atoms. The van der Waals surface area contributed by atoms with Gasteiger partial charge >= 0.3 is 0 Å². The maximum absolute atomic E-state index is 5.34. The summed E-state index contributed by atoms with van der Waals surface area (Å²) in [6.45, 7) is 6.32. The molecule has 1 fully saturated rings. The zero-order valence-electron chi connectivity index (χ0n) is 12.8. The lowest BCUT2D eigenvalue weighted by Gasteiger charge is -2.32. The van der Waals surface area contributed by atoms with Crippen LogP contribution in [0.5, 0.6) is 0 Å². The molecular weight excluding hydrogens is 264 g/mol. The van der Waals surface area contributed by atoms with E-state index < -0.39 is 0 Å². The Bertz CT molecular complexity index is 604. The zero-order valence-corrected chi connectivity index (χ0v) is 12.8. The molecular formula is C16H22N4O. The first kappa shape index (κ1) is 14.0. The van der Waals surface area contributed by atoms with E-state index in [-0.39, 0.29) is 5.92 Å². The van der Waals surface area contributed by atoms with Crippen molar-refractivity contribution < 1.29 is 4.52 Å². The largest absolute Gasteiger partial charge is 0.367 e. The Hall–Kier alpha value is -1.91. The molecule has 3 rings (SSSR count). The van der Waals surface area contributed by atoms with Gasteiger partial charge in [0.2, 0.25) is 0 Å². The fourth-order valence-electron chi connectivity index (χ4n) is 2.52. The van der Waals surface area contributed by atoms with E-state index in [1.165, 1.54) is 19.3 Å². The van der Waals surface area contributed by atoms with Crippen LogP contribution in [0.1, 0.15) is 51.8 Å². The van der Waals surface area contributed by atoms with Gasteiger partial charge in [-0.1, -0.05) is 25.4 Å². The Morgan fingerprint density at radius 1 is 1.29 bits per heavy atom. The number of nitrogens with zero attached hydrogens (tertiary/aromatic N) is 3. The predicted octanol–water partition coefficient (Wildman–Crippen LogP) is 3.86. The van der Waals surface area contributed by atoms with Crippen molar-refractivity contribution in [2.24, 2.45) is 5.92 Å². The van der Waals surface area contributed by atoms with E-state index in [4.69, 9.17) is 4.52 Å². The number of anilines is 1. The van der Waals surface area contributed by atoms with Crippen molar-refractivity contribution in [1.29, 1.82) is 0 Å². The minimum Gasteiger partial charge on any atom is -0.367 e. The molecule has 1 aliphatic rings. The summed E-state index contributed by atoms with van der Waals surface area (Å²) in [6, 6.07) is 4.33. The summed E-state index contributed by atoms with van der Waals surface area (Å²) in [5.41, 5.74) is 0.910. The van der Waals surface area contributed by atoms with E-state index in [9.17, 15) is 0 Å². The Kier molecular flexibility index (Phi) is 3.90. The van der Waals surface area contributed by atoms with Crippen molar-refractivity contribution in [3.8, 4) is 11.5 Å². The topological polar surface area (TPSA) is 63.8 Å². The Balaban J connectivity index is 1.75. The Morgan fingerprint density at radius 3 is 2.71 bits per heavy atom. The van der Waals surface area contributed by atoms with Gasteiger partial charge in [-0.2, -0.15) is 4.98 Å². The molecule has 112 valence electrons. The van der Waals surface area contributed by atoms with Gasteiger partial charge in [0, 0.05) is 23.7 Å². The van der Waals surface area contributed by atoms with Gasteiger partial charge in [0.1, 0.15) is 5.82 Å². The first-order valence-corrected chi connectivity index (χ1v) is 7.70. The number of hydrogen-bond acceptors (Lipinski definition) is 5. The standard InChI is InChI=1S/C16H22N4O/c1-10(2)15-19-16(21-20-15)13-7-8-17-14(9-13)18-11(3)12-5-4-6-12/h7-12H,4-6H2,1-3H3,(H,17,18). The Labute approximate surface area is 125 Å². The first-order chi connectivity index (χ1) is 10.1. The van der Waals surface area contributed by atoms with E-state index in [0.29, 0.717) is 11.9 Å². The van der Waals surface area contributed by atoms with Crippen molar-refractivity contribution in [2.45, 2.75) is 52.0 Å². The second-order valence-corrected chi connectivity index (χ2v) is 6.17. The van der Waals surface area contributed by atoms with Gasteiger partial charge in [-0.25, -0.2) is 4.98 Å². The van der Waals surface area contributed by atoms with Crippen LogP contribution in [0.25, 0.3) is 11.5 Å². The van der Waals surface area contributed by atoms with E-state index in [1.807, 2.05) is 12.1 Å². The van der Waals surface area contributed by atoms with Crippen LogP contribution in [-0.4, -0.2) is 21.2 Å². The summed E-state index contributed by atoms with van der Waals surface area (Å²) in [7, 11) is 0. The molecule has 1 N–H and O–H groups in total. The summed E-state index contributed by atoms with van der Waals surface area (Å²) in [5, 5.41) is 7.49. The first-order valence-electron chi connectivity index (χ1n) is 7.70. The molecule has 0 radical (unpaired) electrons. The summed E-state index contributed by atoms with van der Waals surface area (Å²) >= 11 is 0. The van der Waals surface area contributed by atoms with Gasteiger partial charge in [0.15, 0.2) is 5.82 Å². The molecule has 1 saturated carbocycles. The van der Waals surface area contributed by atoms with Crippen LogP contribution < -0.4 is 5.32 Å². The lowest BCUT2D eigenvalue weighted by Crippen LogP contribution is -2.31. The SMILES string of the molecule is CC(C)c1noc(-c2ccnc(NC(C)C3CCC3)c2)n1. The lowest BCUT2D eigenvalue weighted by atomic mass is 9.80. The van der Waals surface area contributed by atoms with E-state index in [0.717, 1.165) is 23.1 Å². The maximum atomic E-state index is 5.34. The molecule has 0 amide bonds. The molecule has 2 aromatic rings. The molecule has 1 unspecified atom stereocenters. The van der Waals surface area contributed by atoms with E-state index in [2.05, 4.69) is 41.2 Å². The Morgan fingerprint density at radius 2 is 2.10 bits per heavy atom. The maximum Gasteiger partial charge on any atom is 0.258 e. The second kappa shape index (κ2) is 5.84. The average Bonchev–Trinajstić information content (AvgIpc) is 2.86. The molecule has 2 aromatic heterocycles. The van der Waals surface area contributed by atoms with Crippen molar-refractivity contribution in [1.82, 2.24) is 15.1 Å². The average molecular weight is 286 g/mol. The monoisotopic (exact) mass is 286 g/mol. The molecule has 0 spiro atoms. The number of aromatic nitrogens is 3. The van der Waals surface area contributed by atoms with Crippen LogP contribution in [-0.2, 0) is 0 Å². The molecule has 5 heteroatoms.